The Kier molecular flexibility index (Phi) is 5.57. The van der Waals surface area contributed by atoms with Gasteiger partial charge in [-0.3, -0.25) is 4.79 Å². The first-order chi connectivity index (χ1) is 14.8. The average molecular weight is 431 g/mol. The molecule has 4 aromatic rings. The minimum Gasteiger partial charge on any atom is -0.267 e. The highest BCUT2D eigenvalue weighted by atomic mass is 32.2. The third kappa shape index (κ3) is 4.49. The van der Waals surface area contributed by atoms with Gasteiger partial charge in [0.25, 0.3) is 5.56 Å². The fourth-order valence-electron chi connectivity index (χ4n) is 3.47. The Labute approximate surface area is 181 Å². The molecule has 4 rings (SSSR count). The summed E-state index contributed by atoms with van der Waals surface area (Å²) in [4.78, 5) is 13.7. The molecule has 0 aliphatic rings. The summed E-state index contributed by atoms with van der Waals surface area (Å²) in [6.45, 7) is 2.34. The molecule has 0 bridgehead atoms. The lowest BCUT2D eigenvalue weighted by Gasteiger charge is -2.14. The van der Waals surface area contributed by atoms with Crippen LogP contribution in [0.1, 0.15) is 11.1 Å². The number of sulfone groups is 1. The van der Waals surface area contributed by atoms with Gasteiger partial charge in [0.05, 0.1) is 23.2 Å². The van der Waals surface area contributed by atoms with Crippen LogP contribution < -0.4 is 5.56 Å². The molecule has 0 saturated heterocycles. The van der Waals surface area contributed by atoms with Gasteiger partial charge in [-0.1, -0.05) is 72.3 Å². The molecular weight excluding hydrogens is 408 g/mol. The van der Waals surface area contributed by atoms with Crippen molar-refractivity contribution in [2.24, 2.45) is 0 Å². The summed E-state index contributed by atoms with van der Waals surface area (Å²) in [5, 5.41) is 4.40. The van der Waals surface area contributed by atoms with E-state index in [0.717, 1.165) is 16.7 Å². The molecule has 1 aromatic heterocycles. The summed E-state index contributed by atoms with van der Waals surface area (Å²) in [6, 6.07) is 24.0. The molecule has 0 aliphatic carbocycles. The number of hydrogen-bond acceptors (Lipinski definition) is 4. The highest BCUT2D eigenvalue weighted by Crippen LogP contribution is 2.30. The molecule has 0 atom stereocenters. The zero-order chi connectivity index (χ0) is 22.0. The lowest BCUT2D eigenvalue weighted by Crippen LogP contribution is -2.25. The fraction of sp³-hybridized carbons (Fsp3) is 0.120. The second-order valence-corrected chi connectivity index (χ2v) is 9.56. The van der Waals surface area contributed by atoms with E-state index in [9.17, 15) is 13.2 Å². The first-order valence-electron chi connectivity index (χ1n) is 9.84. The van der Waals surface area contributed by atoms with Gasteiger partial charge < -0.3 is 0 Å². The van der Waals surface area contributed by atoms with Crippen LogP contribution in [0.5, 0.6) is 0 Å². The zero-order valence-electron chi connectivity index (χ0n) is 17.3. The largest absolute Gasteiger partial charge is 0.275 e. The third-order valence-electron chi connectivity index (χ3n) is 5.13. The number of aromatic nitrogens is 2. The van der Waals surface area contributed by atoms with Crippen LogP contribution in [0.25, 0.3) is 22.3 Å². The second kappa shape index (κ2) is 8.32. The topological polar surface area (TPSA) is 69.0 Å². The molecule has 0 saturated carbocycles. The standard InChI is InChI=1S/C25H22N2O3S/c1-18-11-13-20(14-12-18)24-23(21-9-6-10-22(15-21)31(2,29)30)16-26-27(25(24)28)17-19-7-4-3-5-8-19/h3-16H,17H2,1-2H3. The summed E-state index contributed by atoms with van der Waals surface area (Å²) >= 11 is 0. The summed E-state index contributed by atoms with van der Waals surface area (Å²) in [6.07, 6.45) is 2.81. The van der Waals surface area contributed by atoms with Crippen molar-refractivity contribution in [1.82, 2.24) is 9.78 Å². The smallest absolute Gasteiger partial charge is 0.267 e. The zero-order valence-corrected chi connectivity index (χ0v) is 18.1. The Morgan fingerprint density at radius 2 is 1.58 bits per heavy atom. The van der Waals surface area contributed by atoms with Crippen LogP contribution in [0.4, 0.5) is 0 Å². The number of hydrogen-bond donors (Lipinski definition) is 0. The Morgan fingerprint density at radius 1 is 0.871 bits per heavy atom. The van der Waals surface area contributed by atoms with Crippen LogP contribution in [-0.4, -0.2) is 24.5 Å². The van der Waals surface area contributed by atoms with Gasteiger partial charge >= 0.3 is 0 Å². The van der Waals surface area contributed by atoms with E-state index >= 15 is 0 Å². The van der Waals surface area contributed by atoms with Crippen molar-refractivity contribution in [2.75, 3.05) is 6.26 Å². The maximum Gasteiger partial charge on any atom is 0.275 e. The fourth-order valence-corrected chi connectivity index (χ4v) is 4.14. The highest BCUT2D eigenvalue weighted by molar-refractivity contribution is 7.90. The molecule has 156 valence electrons. The molecule has 0 spiro atoms. The van der Waals surface area contributed by atoms with E-state index in [2.05, 4.69) is 5.10 Å². The predicted molar refractivity (Wildman–Crippen MR) is 123 cm³/mol. The van der Waals surface area contributed by atoms with Crippen molar-refractivity contribution in [2.45, 2.75) is 18.4 Å². The summed E-state index contributed by atoms with van der Waals surface area (Å²) in [7, 11) is -3.38. The van der Waals surface area contributed by atoms with Crippen LogP contribution >= 0.6 is 0 Å². The predicted octanol–water partition coefficient (Wildman–Crippen LogP) is 4.34. The van der Waals surface area contributed by atoms with Gasteiger partial charge in [-0.25, -0.2) is 13.1 Å². The molecule has 5 nitrogen and oxygen atoms in total. The first kappa shape index (κ1) is 20.8. The van der Waals surface area contributed by atoms with E-state index in [1.54, 1.807) is 30.5 Å². The van der Waals surface area contributed by atoms with Crippen molar-refractivity contribution in [1.29, 1.82) is 0 Å². The SMILES string of the molecule is Cc1ccc(-c2c(-c3cccc(S(C)(=O)=O)c3)cnn(Cc3ccccc3)c2=O)cc1. The van der Waals surface area contributed by atoms with E-state index in [-0.39, 0.29) is 10.5 Å². The van der Waals surface area contributed by atoms with Crippen LogP contribution in [0.2, 0.25) is 0 Å². The summed E-state index contributed by atoms with van der Waals surface area (Å²) in [5.41, 5.74) is 4.33. The second-order valence-electron chi connectivity index (χ2n) is 7.55. The van der Waals surface area contributed by atoms with E-state index in [1.807, 2.05) is 61.5 Å². The number of nitrogens with zero attached hydrogens (tertiary/aromatic N) is 2. The maximum atomic E-state index is 13.5. The van der Waals surface area contributed by atoms with Gasteiger partial charge in [-0.15, -0.1) is 0 Å². The quantitative estimate of drug-likeness (QED) is 0.472. The lowest BCUT2D eigenvalue weighted by molar-refractivity contribution is 0.602. The molecule has 0 aliphatic heterocycles. The molecule has 0 N–H and O–H groups in total. The van der Waals surface area contributed by atoms with Crippen molar-refractivity contribution in [3.63, 3.8) is 0 Å². The molecule has 0 fully saturated rings. The first-order valence-corrected chi connectivity index (χ1v) is 11.7. The normalized spacial score (nSPS) is 11.4. The molecule has 6 heteroatoms. The summed E-state index contributed by atoms with van der Waals surface area (Å²) < 4.78 is 25.5. The van der Waals surface area contributed by atoms with Crippen LogP contribution in [0.3, 0.4) is 0 Å². The van der Waals surface area contributed by atoms with Crippen molar-refractivity contribution < 1.29 is 8.42 Å². The van der Waals surface area contributed by atoms with E-state index in [1.165, 1.54) is 10.9 Å². The van der Waals surface area contributed by atoms with Gasteiger partial charge in [0.15, 0.2) is 9.84 Å². The Bertz CT molecular complexity index is 1390. The maximum absolute atomic E-state index is 13.5. The van der Waals surface area contributed by atoms with Crippen LogP contribution in [-0.2, 0) is 16.4 Å². The Hall–Kier alpha value is -3.51. The van der Waals surface area contributed by atoms with Gasteiger partial charge in [0.2, 0.25) is 0 Å². The highest BCUT2D eigenvalue weighted by Gasteiger charge is 2.17. The molecule has 31 heavy (non-hydrogen) atoms. The molecule has 3 aromatic carbocycles. The monoisotopic (exact) mass is 430 g/mol. The molecule has 1 heterocycles. The minimum absolute atomic E-state index is 0.202. The lowest BCUT2D eigenvalue weighted by atomic mass is 9.96. The number of aryl methyl sites for hydroxylation is 1. The third-order valence-corrected chi connectivity index (χ3v) is 6.24. The average Bonchev–Trinajstić information content (AvgIpc) is 2.76. The summed E-state index contributed by atoms with van der Waals surface area (Å²) in [5.74, 6) is 0. The Balaban J connectivity index is 1.92. The van der Waals surface area contributed by atoms with Gasteiger partial charge in [-0.05, 0) is 35.7 Å². The van der Waals surface area contributed by atoms with Crippen molar-refractivity contribution in [3.8, 4) is 22.3 Å². The van der Waals surface area contributed by atoms with Crippen molar-refractivity contribution >= 4 is 9.84 Å². The molecule has 0 radical (unpaired) electrons. The molecule has 0 unspecified atom stereocenters. The van der Waals surface area contributed by atoms with Crippen molar-refractivity contribution in [3.05, 3.63) is 107 Å². The molecular formula is C25H22N2O3S. The Morgan fingerprint density at radius 3 is 2.26 bits per heavy atom. The minimum atomic E-state index is -3.38. The van der Waals surface area contributed by atoms with Crippen LogP contribution in [0.15, 0.2) is 94.7 Å². The van der Waals surface area contributed by atoms with Gasteiger partial charge in [0.1, 0.15) is 0 Å². The van der Waals surface area contributed by atoms with Crippen LogP contribution in [0, 0.1) is 6.92 Å². The van der Waals surface area contributed by atoms with E-state index in [0.29, 0.717) is 23.2 Å². The van der Waals surface area contributed by atoms with E-state index in [4.69, 9.17) is 0 Å². The van der Waals surface area contributed by atoms with Gasteiger partial charge in [0, 0.05) is 11.8 Å². The number of rotatable bonds is 5. The number of benzene rings is 3. The van der Waals surface area contributed by atoms with Gasteiger partial charge in [-0.2, -0.15) is 5.10 Å². The molecule has 0 amide bonds. The van der Waals surface area contributed by atoms with E-state index < -0.39 is 9.84 Å².